The van der Waals surface area contributed by atoms with E-state index in [1.807, 2.05) is 30.3 Å². The van der Waals surface area contributed by atoms with E-state index >= 15 is 0 Å². The highest BCUT2D eigenvalue weighted by atomic mass is 16.3. The van der Waals surface area contributed by atoms with Gasteiger partial charge in [-0.2, -0.15) is 0 Å². The molecule has 7 heteroatoms. The van der Waals surface area contributed by atoms with Crippen molar-refractivity contribution >= 4 is 11.9 Å². The summed E-state index contributed by atoms with van der Waals surface area (Å²) in [5, 5.41) is 5.71. The van der Waals surface area contributed by atoms with E-state index in [1.165, 1.54) is 6.26 Å². The molecular weight excluding hydrogens is 332 g/mol. The van der Waals surface area contributed by atoms with E-state index in [-0.39, 0.29) is 11.9 Å². The molecule has 3 amide bonds. The van der Waals surface area contributed by atoms with Gasteiger partial charge in [0.25, 0.3) is 5.91 Å². The molecule has 3 rings (SSSR count). The first-order valence-corrected chi connectivity index (χ1v) is 8.83. The van der Waals surface area contributed by atoms with Crippen molar-refractivity contribution < 1.29 is 14.0 Å². The Morgan fingerprint density at radius 2 is 1.73 bits per heavy atom. The molecule has 0 bridgehead atoms. The zero-order valence-corrected chi connectivity index (χ0v) is 14.7. The summed E-state index contributed by atoms with van der Waals surface area (Å²) in [6.07, 6.45) is 1.51. The molecule has 0 spiro atoms. The van der Waals surface area contributed by atoms with Crippen LogP contribution in [0.4, 0.5) is 4.79 Å². The van der Waals surface area contributed by atoms with Crippen LogP contribution in [-0.4, -0.2) is 61.0 Å². The van der Waals surface area contributed by atoms with Crippen LogP contribution in [0.3, 0.4) is 0 Å². The molecule has 1 fully saturated rings. The Labute approximate surface area is 153 Å². The normalized spacial score (nSPS) is 14.8. The highest BCUT2D eigenvalue weighted by Gasteiger charge is 2.23. The Bertz CT molecular complexity index is 695. The Morgan fingerprint density at radius 3 is 2.42 bits per heavy atom. The monoisotopic (exact) mass is 356 g/mol. The van der Waals surface area contributed by atoms with E-state index in [0.717, 1.165) is 25.2 Å². The summed E-state index contributed by atoms with van der Waals surface area (Å²) in [4.78, 5) is 28.1. The predicted octanol–water partition coefficient (Wildman–Crippen LogP) is 1.54. The number of amides is 3. The second-order valence-electron chi connectivity index (χ2n) is 6.21. The molecule has 2 heterocycles. The third-order valence-electron chi connectivity index (χ3n) is 4.40. The fourth-order valence-corrected chi connectivity index (χ4v) is 2.90. The summed E-state index contributed by atoms with van der Waals surface area (Å²) in [6, 6.07) is 13.0. The lowest BCUT2D eigenvalue weighted by Gasteiger charge is -2.34. The van der Waals surface area contributed by atoms with Crippen molar-refractivity contribution in [2.45, 2.75) is 6.54 Å². The summed E-state index contributed by atoms with van der Waals surface area (Å²) in [6.45, 7) is 4.77. The number of nitrogens with zero attached hydrogens (tertiary/aromatic N) is 2. The first-order chi connectivity index (χ1) is 12.7. The standard InChI is InChI=1S/C19H24N4O3/c24-18(17-7-4-14-26-17)23-12-10-22(11-13-23)9-8-20-19(25)21-15-16-5-2-1-3-6-16/h1-7,14H,8-13,15H2,(H2,20,21,25). The average Bonchev–Trinajstić information content (AvgIpc) is 3.22. The van der Waals surface area contributed by atoms with Gasteiger partial charge in [0.1, 0.15) is 0 Å². The largest absolute Gasteiger partial charge is 0.459 e. The van der Waals surface area contributed by atoms with Crippen LogP contribution in [0, 0.1) is 0 Å². The zero-order chi connectivity index (χ0) is 18.2. The quantitative estimate of drug-likeness (QED) is 0.823. The number of urea groups is 1. The number of carbonyl (C=O) groups is 2. The van der Waals surface area contributed by atoms with E-state index in [2.05, 4.69) is 15.5 Å². The molecule has 1 aliphatic rings. The number of furan rings is 1. The van der Waals surface area contributed by atoms with Gasteiger partial charge < -0.3 is 20.0 Å². The Morgan fingerprint density at radius 1 is 0.962 bits per heavy atom. The van der Waals surface area contributed by atoms with Crippen molar-refractivity contribution in [3.05, 3.63) is 60.1 Å². The highest BCUT2D eigenvalue weighted by Crippen LogP contribution is 2.09. The molecule has 0 unspecified atom stereocenters. The molecule has 7 nitrogen and oxygen atoms in total. The van der Waals surface area contributed by atoms with Crippen LogP contribution in [0.1, 0.15) is 16.1 Å². The van der Waals surface area contributed by atoms with Crippen molar-refractivity contribution in [2.75, 3.05) is 39.3 Å². The molecule has 1 aromatic carbocycles. The van der Waals surface area contributed by atoms with Crippen LogP contribution < -0.4 is 10.6 Å². The van der Waals surface area contributed by atoms with Gasteiger partial charge in [0.2, 0.25) is 0 Å². The van der Waals surface area contributed by atoms with Gasteiger partial charge in [-0.3, -0.25) is 9.69 Å². The summed E-state index contributed by atoms with van der Waals surface area (Å²) < 4.78 is 5.16. The van der Waals surface area contributed by atoms with Crippen LogP contribution in [-0.2, 0) is 6.54 Å². The van der Waals surface area contributed by atoms with E-state index in [9.17, 15) is 9.59 Å². The van der Waals surface area contributed by atoms with Crippen LogP contribution in [0.5, 0.6) is 0 Å². The Balaban J connectivity index is 1.30. The molecule has 0 aliphatic carbocycles. The second kappa shape index (κ2) is 9.05. The lowest BCUT2D eigenvalue weighted by molar-refractivity contribution is 0.0608. The number of benzene rings is 1. The van der Waals surface area contributed by atoms with Crippen molar-refractivity contribution in [1.82, 2.24) is 20.4 Å². The summed E-state index contributed by atoms with van der Waals surface area (Å²) in [7, 11) is 0. The van der Waals surface area contributed by atoms with E-state index < -0.39 is 0 Å². The first-order valence-electron chi connectivity index (χ1n) is 8.83. The fraction of sp³-hybridized carbons (Fsp3) is 0.368. The van der Waals surface area contributed by atoms with Gasteiger partial charge in [-0.25, -0.2) is 4.79 Å². The summed E-state index contributed by atoms with van der Waals surface area (Å²) in [5.74, 6) is 0.322. The van der Waals surface area contributed by atoms with Crippen LogP contribution in [0.15, 0.2) is 53.1 Å². The number of hydrogen-bond acceptors (Lipinski definition) is 4. The lowest BCUT2D eigenvalue weighted by atomic mass is 10.2. The summed E-state index contributed by atoms with van der Waals surface area (Å²) >= 11 is 0. The fourth-order valence-electron chi connectivity index (χ4n) is 2.90. The molecule has 1 saturated heterocycles. The number of rotatable bonds is 6. The molecule has 138 valence electrons. The van der Waals surface area contributed by atoms with E-state index in [4.69, 9.17) is 4.42 Å². The molecule has 1 aromatic heterocycles. The maximum Gasteiger partial charge on any atom is 0.315 e. The average molecular weight is 356 g/mol. The van der Waals surface area contributed by atoms with Crippen LogP contribution >= 0.6 is 0 Å². The van der Waals surface area contributed by atoms with E-state index in [0.29, 0.717) is 31.9 Å². The number of piperazine rings is 1. The van der Waals surface area contributed by atoms with Crippen molar-refractivity contribution in [3.8, 4) is 0 Å². The molecule has 0 atom stereocenters. The van der Waals surface area contributed by atoms with Crippen LogP contribution in [0.25, 0.3) is 0 Å². The van der Waals surface area contributed by atoms with Crippen LogP contribution in [0.2, 0.25) is 0 Å². The third kappa shape index (κ3) is 5.10. The van der Waals surface area contributed by atoms with Gasteiger partial charge in [-0.15, -0.1) is 0 Å². The Kier molecular flexibility index (Phi) is 6.27. The number of carbonyl (C=O) groups excluding carboxylic acids is 2. The SMILES string of the molecule is O=C(NCCN1CCN(C(=O)c2ccco2)CC1)NCc1ccccc1. The number of hydrogen-bond donors (Lipinski definition) is 2. The lowest BCUT2D eigenvalue weighted by Crippen LogP contribution is -2.50. The van der Waals surface area contributed by atoms with Gasteiger partial charge in [-0.1, -0.05) is 30.3 Å². The molecule has 1 aliphatic heterocycles. The third-order valence-corrected chi connectivity index (χ3v) is 4.40. The number of nitrogens with one attached hydrogen (secondary N) is 2. The van der Waals surface area contributed by atoms with Gasteiger partial charge in [-0.05, 0) is 17.7 Å². The molecule has 0 radical (unpaired) electrons. The minimum absolute atomic E-state index is 0.0620. The topological polar surface area (TPSA) is 77.8 Å². The molecule has 0 saturated carbocycles. The van der Waals surface area contributed by atoms with Crippen molar-refractivity contribution in [1.29, 1.82) is 0 Å². The van der Waals surface area contributed by atoms with Gasteiger partial charge >= 0.3 is 6.03 Å². The maximum absolute atomic E-state index is 12.2. The minimum Gasteiger partial charge on any atom is -0.459 e. The second-order valence-corrected chi connectivity index (χ2v) is 6.21. The molecule has 2 N–H and O–H groups in total. The highest BCUT2D eigenvalue weighted by molar-refractivity contribution is 5.91. The summed E-state index contributed by atoms with van der Waals surface area (Å²) in [5.41, 5.74) is 1.07. The predicted molar refractivity (Wildman–Crippen MR) is 97.7 cm³/mol. The minimum atomic E-state index is -0.166. The maximum atomic E-state index is 12.2. The van der Waals surface area contributed by atoms with Gasteiger partial charge in [0.15, 0.2) is 5.76 Å². The molecule has 2 aromatic rings. The zero-order valence-electron chi connectivity index (χ0n) is 14.7. The van der Waals surface area contributed by atoms with Gasteiger partial charge in [0.05, 0.1) is 6.26 Å². The molecule has 26 heavy (non-hydrogen) atoms. The van der Waals surface area contributed by atoms with Crippen molar-refractivity contribution in [2.24, 2.45) is 0 Å². The molecular formula is C19H24N4O3. The smallest absolute Gasteiger partial charge is 0.315 e. The Hall–Kier alpha value is -2.80. The van der Waals surface area contributed by atoms with Crippen molar-refractivity contribution in [3.63, 3.8) is 0 Å². The first kappa shape index (κ1) is 18.0. The van der Waals surface area contributed by atoms with Gasteiger partial charge in [0, 0.05) is 45.8 Å². The van der Waals surface area contributed by atoms with E-state index in [1.54, 1.807) is 17.0 Å².